The van der Waals surface area contributed by atoms with E-state index in [9.17, 15) is 17.6 Å². The molecule has 0 aliphatic rings. The molecule has 1 N–H and O–H groups in total. The first-order valence-corrected chi connectivity index (χ1v) is 4.33. The molecule has 0 spiro atoms. The largest absolute Gasteiger partial charge is 0.491 e. The lowest BCUT2D eigenvalue weighted by molar-refractivity contribution is -0.432. The van der Waals surface area contributed by atoms with E-state index in [0.29, 0.717) is 0 Å². The number of hydrogen-bond acceptors (Lipinski definition) is 5. The monoisotopic (exact) mass is 260 g/mol. The zero-order chi connectivity index (χ0) is 12.3. The lowest BCUT2D eigenvalue weighted by Crippen LogP contribution is -2.03. The molecular weight excluding hydrogens is 256 g/mol. The van der Waals surface area contributed by atoms with Crippen LogP contribution in [0.25, 0.3) is 0 Å². The van der Waals surface area contributed by atoms with Gasteiger partial charge in [0.25, 0.3) is 0 Å². The van der Waals surface area contributed by atoms with Crippen molar-refractivity contribution in [2.75, 3.05) is 7.11 Å². The first kappa shape index (κ1) is 13.0. The van der Waals surface area contributed by atoms with E-state index in [4.69, 9.17) is 5.26 Å². The molecule has 0 aromatic heterocycles. The van der Waals surface area contributed by atoms with Crippen LogP contribution in [0.2, 0.25) is 0 Å². The summed E-state index contributed by atoms with van der Waals surface area (Å²) in [4.78, 5) is -1.05. The third-order valence-corrected chi connectivity index (χ3v) is 2.19. The molecule has 16 heavy (non-hydrogen) atoms. The van der Waals surface area contributed by atoms with Crippen LogP contribution >= 0.6 is 12.0 Å². The van der Waals surface area contributed by atoms with E-state index in [-0.39, 0.29) is 12.0 Å². The second-order valence-electron chi connectivity index (χ2n) is 2.34. The van der Waals surface area contributed by atoms with Crippen molar-refractivity contribution >= 4 is 12.0 Å². The van der Waals surface area contributed by atoms with Crippen molar-refractivity contribution in [3.8, 4) is 5.75 Å². The summed E-state index contributed by atoms with van der Waals surface area (Å²) in [6.07, 6.45) is 0. The van der Waals surface area contributed by atoms with Crippen LogP contribution in [0.3, 0.4) is 0 Å². The smallest absolute Gasteiger partial charge is 0.206 e. The second kappa shape index (κ2) is 5.34. The predicted molar refractivity (Wildman–Crippen MR) is 43.5 cm³/mol. The van der Waals surface area contributed by atoms with Gasteiger partial charge >= 0.3 is 0 Å². The van der Waals surface area contributed by atoms with Gasteiger partial charge in [0.05, 0.1) is 19.2 Å². The van der Waals surface area contributed by atoms with Crippen molar-refractivity contribution in [2.45, 2.75) is 4.90 Å². The van der Waals surface area contributed by atoms with Gasteiger partial charge < -0.3 is 4.74 Å². The van der Waals surface area contributed by atoms with Gasteiger partial charge in [-0.25, -0.2) is 18.4 Å². The molecule has 4 nitrogen and oxygen atoms in total. The van der Waals surface area contributed by atoms with Gasteiger partial charge in [0.1, 0.15) is 4.90 Å². The maximum atomic E-state index is 13.3. The highest BCUT2D eigenvalue weighted by atomic mass is 32.2. The van der Waals surface area contributed by atoms with Crippen molar-refractivity contribution in [3.63, 3.8) is 0 Å². The Morgan fingerprint density at radius 1 is 1.00 bits per heavy atom. The Hall–Kier alpha value is -1.03. The molecule has 0 radical (unpaired) electrons. The lowest BCUT2D eigenvalue weighted by Gasteiger charge is -2.08. The summed E-state index contributed by atoms with van der Waals surface area (Å²) in [5, 5.41) is 10.8. The molecule has 0 saturated heterocycles. The average Bonchev–Trinajstić information content (AvgIpc) is 2.27. The fourth-order valence-corrected chi connectivity index (χ4v) is 1.32. The first-order valence-electron chi connectivity index (χ1n) is 3.59. The highest BCUT2D eigenvalue weighted by Gasteiger charge is 2.27. The molecule has 0 atom stereocenters. The molecule has 0 aliphatic heterocycles. The summed E-state index contributed by atoms with van der Waals surface area (Å²) in [5.41, 5.74) is 0. The van der Waals surface area contributed by atoms with Gasteiger partial charge in [-0.3, -0.25) is 0 Å². The van der Waals surface area contributed by atoms with Crippen molar-refractivity contribution in [1.29, 1.82) is 0 Å². The number of rotatable bonds is 4. The third kappa shape index (κ3) is 2.21. The van der Waals surface area contributed by atoms with Gasteiger partial charge in [-0.05, 0) is 0 Å². The predicted octanol–water partition coefficient (Wildman–Crippen LogP) is 2.68. The molecule has 0 fully saturated rings. The first-order chi connectivity index (χ1) is 7.54. The van der Waals surface area contributed by atoms with Crippen molar-refractivity contribution in [3.05, 3.63) is 23.3 Å². The molecular formula is C7H4F4O4S. The van der Waals surface area contributed by atoms with Crippen LogP contribution in [-0.4, -0.2) is 12.4 Å². The van der Waals surface area contributed by atoms with E-state index in [1.807, 2.05) is 0 Å². The zero-order valence-electron chi connectivity index (χ0n) is 7.59. The van der Waals surface area contributed by atoms with E-state index >= 15 is 0 Å². The molecule has 1 aromatic rings. The van der Waals surface area contributed by atoms with Crippen molar-refractivity contribution in [2.24, 2.45) is 0 Å². The fourth-order valence-electron chi connectivity index (χ4n) is 0.893. The van der Waals surface area contributed by atoms with Crippen LogP contribution in [0.1, 0.15) is 0 Å². The molecule has 90 valence electrons. The minimum Gasteiger partial charge on any atom is -0.491 e. The fraction of sp³-hybridized carbons (Fsp3) is 0.143. The van der Waals surface area contributed by atoms with E-state index in [2.05, 4.69) is 14.1 Å². The minimum atomic E-state index is -1.93. The molecule has 9 heteroatoms. The van der Waals surface area contributed by atoms with Gasteiger partial charge in [-0.1, -0.05) is 5.04 Å². The Kier molecular flexibility index (Phi) is 4.35. The SMILES string of the molecule is COc1c(F)c(F)c(F)c(SOOO)c1F. The Labute approximate surface area is 90.8 Å². The van der Waals surface area contributed by atoms with Crippen LogP contribution in [0, 0.1) is 23.3 Å². The van der Waals surface area contributed by atoms with Gasteiger partial charge in [0, 0.05) is 0 Å². The Balaban J connectivity index is 3.31. The normalized spacial score (nSPS) is 10.6. The quantitative estimate of drug-likeness (QED) is 0.225. The van der Waals surface area contributed by atoms with Crippen LogP contribution in [0.15, 0.2) is 4.90 Å². The van der Waals surface area contributed by atoms with E-state index in [1.165, 1.54) is 0 Å². The molecule has 0 saturated carbocycles. The maximum absolute atomic E-state index is 13.3. The second-order valence-corrected chi connectivity index (χ2v) is 3.06. The number of halogens is 4. The van der Waals surface area contributed by atoms with Gasteiger partial charge in [0.15, 0.2) is 23.2 Å². The highest BCUT2D eigenvalue weighted by molar-refractivity contribution is 7.94. The van der Waals surface area contributed by atoms with Crippen LogP contribution in [0.4, 0.5) is 17.6 Å². The molecule has 0 amide bonds. The van der Waals surface area contributed by atoms with Crippen LogP contribution in [-0.2, 0) is 9.37 Å². The molecule has 0 heterocycles. The van der Waals surface area contributed by atoms with E-state index in [0.717, 1.165) is 7.11 Å². The van der Waals surface area contributed by atoms with Crippen molar-refractivity contribution in [1.82, 2.24) is 0 Å². The molecule has 0 bridgehead atoms. The number of benzene rings is 1. The third-order valence-electron chi connectivity index (χ3n) is 1.53. The summed E-state index contributed by atoms with van der Waals surface area (Å²) in [6.45, 7) is 0. The number of hydrogen-bond donors (Lipinski definition) is 1. The Morgan fingerprint density at radius 2 is 1.62 bits per heavy atom. The Morgan fingerprint density at radius 3 is 2.12 bits per heavy atom. The summed E-state index contributed by atoms with van der Waals surface area (Å²) >= 11 is -0.183. The van der Waals surface area contributed by atoms with Crippen LogP contribution in [0.5, 0.6) is 5.75 Å². The summed E-state index contributed by atoms with van der Waals surface area (Å²) in [6, 6.07) is 0. The molecule has 0 aliphatic carbocycles. The molecule has 0 unspecified atom stereocenters. The summed E-state index contributed by atoms with van der Waals surface area (Å²) in [7, 11) is 0.872. The van der Waals surface area contributed by atoms with Gasteiger partial charge in [-0.2, -0.15) is 4.39 Å². The maximum Gasteiger partial charge on any atom is 0.206 e. The van der Waals surface area contributed by atoms with E-state index in [1.54, 1.807) is 0 Å². The van der Waals surface area contributed by atoms with Gasteiger partial charge in [0.2, 0.25) is 5.82 Å². The summed E-state index contributed by atoms with van der Waals surface area (Å²) < 4.78 is 60.0. The highest BCUT2D eigenvalue weighted by Crippen LogP contribution is 2.35. The lowest BCUT2D eigenvalue weighted by atomic mass is 10.3. The zero-order valence-corrected chi connectivity index (χ0v) is 8.41. The average molecular weight is 260 g/mol. The Bertz CT molecular complexity index is 401. The molecule has 1 rings (SSSR count). The standard InChI is InChI=1S/C7H4F4O4S/c1-13-6-3(9)2(8)4(10)7(5(6)11)16-15-14-12/h12H,1H3. The minimum absolute atomic E-state index is 0.183. The van der Waals surface area contributed by atoms with Gasteiger partial charge in [-0.15, -0.1) is 4.33 Å². The number of methoxy groups -OCH3 is 1. The van der Waals surface area contributed by atoms with Crippen molar-refractivity contribution < 1.29 is 36.9 Å². The number of ether oxygens (including phenoxy) is 1. The molecule has 1 aromatic carbocycles. The topological polar surface area (TPSA) is 47.9 Å². The van der Waals surface area contributed by atoms with E-state index < -0.39 is 33.9 Å². The van der Waals surface area contributed by atoms with Crippen LogP contribution < -0.4 is 4.74 Å². The summed E-state index contributed by atoms with van der Waals surface area (Å²) in [5.74, 6) is -8.17.